The zero-order valence-electron chi connectivity index (χ0n) is 12.3. The molecule has 0 spiro atoms. The first kappa shape index (κ1) is 15.8. The molecule has 0 radical (unpaired) electrons. The third-order valence-corrected chi connectivity index (χ3v) is 3.45. The molecular weight excluding hydrogens is 284 g/mol. The van der Waals surface area contributed by atoms with Gasteiger partial charge in [0.25, 0.3) is 5.91 Å². The minimum atomic E-state index is -1.02. The number of carbonyl (C=O) groups is 3. The molecule has 1 heterocycles. The molecule has 1 aliphatic heterocycles. The topological polar surface area (TPSA) is 86.7 Å². The predicted molar refractivity (Wildman–Crippen MR) is 80.6 cm³/mol. The average Bonchev–Trinajstić information content (AvgIpc) is 2.96. The molecule has 1 atom stereocenters. The Labute approximate surface area is 128 Å². The van der Waals surface area contributed by atoms with Gasteiger partial charge in [0.2, 0.25) is 5.91 Å². The fourth-order valence-electron chi connectivity index (χ4n) is 2.48. The van der Waals surface area contributed by atoms with Gasteiger partial charge in [0, 0.05) is 13.5 Å². The van der Waals surface area contributed by atoms with E-state index in [0.717, 1.165) is 5.56 Å². The number of aliphatic carboxylic acids is 1. The van der Waals surface area contributed by atoms with Gasteiger partial charge in [-0.25, -0.2) is 4.79 Å². The number of carboxylic acids is 1. The Kier molecular flexibility index (Phi) is 4.93. The lowest BCUT2D eigenvalue weighted by Crippen LogP contribution is -2.44. The molecule has 0 aromatic heterocycles. The first-order valence-electron chi connectivity index (χ1n) is 7.07. The number of benzene rings is 1. The van der Waals surface area contributed by atoms with Gasteiger partial charge >= 0.3 is 5.97 Å². The number of nitrogens with one attached hydrogen (secondary N) is 1. The zero-order chi connectivity index (χ0) is 16.1. The summed E-state index contributed by atoms with van der Waals surface area (Å²) >= 11 is 0. The fraction of sp³-hybridized carbons (Fsp3) is 0.312. The molecule has 1 fully saturated rings. The molecule has 0 aliphatic carbocycles. The molecule has 0 bridgehead atoms. The molecule has 2 rings (SSSR count). The van der Waals surface area contributed by atoms with Crippen molar-refractivity contribution in [3.63, 3.8) is 0 Å². The highest BCUT2D eigenvalue weighted by Gasteiger charge is 2.35. The van der Waals surface area contributed by atoms with Gasteiger partial charge in [-0.15, -0.1) is 0 Å². The second-order valence-electron chi connectivity index (χ2n) is 5.14. The monoisotopic (exact) mass is 302 g/mol. The Morgan fingerprint density at radius 1 is 1.27 bits per heavy atom. The number of amides is 2. The fourth-order valence-corrected chi connectivity index (χ4v) is 2.48. The van der Waals surface area contributed by atoms with Gasteiger partial charge in [0.1, 0.15) is 11.7 Å². The number of carboxylic acid groups (broad SMARTS) is 1. The van der Waals surface area contributed by atoms with Crippen LogP contribution in [0.25, 0.3) is 6.08 Å². The van der Waals surface area contributed by atoms with Crippen molar-refractivity contribution < 1.29 is 19.5 Å². The van der Waals surface area contributed by atoms with E-state index in [1.807, 2.05) is 18.2 Å². The Morgan fingerprint density at radius 3 is 2.55 bits per heavy atom. The van der Waals surface area contributed by atoms with Gasteiger partial charge in [0.05, 0.1) is 0 Å². The Balaban J connectivity index is 2.29. The second kappa shape index (κ2) is 6.89. The van der Waals surface area contributed by atoms with Crippen molar-refractivity contribution in [1.82, 2.24) is 10.2 Å². The minimum absolute atomic E-state index is 0.0897. The van der Waals surface area contributed by atoms with Crippen LogP contribution in [0.1, 0.15) is 25.3 Å². The van der Waals surface area contributed by atoms with Crippen molar-refractivity contribution in [2.24, 2.45) is 0 Å². The van der Waals surface area contributed by atoms with Crippen molar-refractivity contribution >= 4 is 23.9 Å². The molecule has 1 aromatic carbocycles. The van der Waals surface area contributed by atoms with Gasteiger partial charge in [-0.2, -0.15) is 0 Å². The zero-order valence-corrected chi connectivity index (χ0v) is 12.3. The first-order chi connectivity index (χ1) is 10.5. The molecule has 6 nitrogen and oxygen atoms in total. The Morgan fingerprint density at radius 2 is 1.95 bits per heavy atom. The first-order valence-corrected chi connectivity index (χ1v) is 7.07. The maximum atomic E-state index is 12.6. The van der Waals surface area contributed by atoms with E-state index in [4.69, 9.17) is 0 Å². The number of likely N-dealkylation sites (tertiary alicyclic amines) is 1. The van der Waals surface area contributed by atoms with E-state index >= 15 is 0 Å². The van der Waals surface area contributed by atoms with E-state index in [0.29, 0.717) is 19.4 Å². The molecule has 22 heavy (non-hydrogen) atoms. The van der Waals surface area contributed by atoms with Crippen LogP contribution >= 0.6 is 0 Å². The van der Waals surface area contributed by atoms with Gasteiger partial charge in [-0.05, 0) is 24.5 Å². The summed E-state index contributed by atoms with van der Waals surface area (Å²) in [7, 11) is 0. The van der Waals surface area contributed by atoms with Crippen LogP contribution < -0.4 is 5.32 Å². The standard InChI is InChI=1S/C16H18N2O4/c1-11(19)17-13(10-12-6-3-2-4-7-12)15(20)18-9-5-8-14(18)16(21)22/h2-4,6-7,10,14H,5,8-9H2,1H3,(H,17,19)(H,21,22)/b13-10+/t14-/m0/s1. The lowest BCUT2D eigenvalue weighted by molar-refractivity contribution is -0.147. The summed E-state index contributed by atoms with van der Waals surface area (Å²) in [6.45, 7) is 1.69. The van der Waals surface area contributed by atoms with Crippen LogP contribution in [-0.2, 0) is 14.4 Å². The van der Waals surface area contributed by atoms with E-state index in [2.05, 4.69) is 5.32 Å². The van der Waals surface area contributed by atoms with Crippen LogP contribution in [-0.4, -0.2) is 40.4 Å². The highest BCUT2D eigenvalue weighted by atomic mass is 16.4. The number of hydrogen-bond donors (Lipinski definition) is 2. The third-order valence-electron chi connectivity index (χ3n) is 3.45. The number of hydrogen-bond acceptors (Lipinski definition) is 3. The molecule has 2 N–H and O–H groups in total. The van der Waals surface area contributed by atoms with Crippen LogP contribution in [0.4, 0.5) is 0 Å². The quantitative estimate of drug-likeness (QED) is 0.819. The summed E-state index contributed by atoms with van der Waals surface area (Å²) in [6.07, 6.45) is 2.63. The number of carbonyl (C=O) groups excluding carboxylic acids is 2. The summed E-state index contributed by atoms with van der Waals surface area (Å²) in [6, 6.07) is 8.25. The summed E-state index contributed by atoms with van der Waals surface area (Å²) in [5, 5.41) is 11.7. The van der Waals surface area contributed by atoms with Crippen LogP contribution in [0.15, 0.2) is 36.0 Å². The van der Waals surface area contributed by atoms with E-state index in [9.17, 15) is 19.5 Å². The summed E-state index contributed by atoms with van der Waals surface area (Å²) < 4.78 is 0. The van der Waals surface area contributed by atoms with E-state index in [1.54, 1.807) is 18.2 Å². The van der Waals surface area contributed by atoms with E-state index in [-0.39, 0.29) is 11.6 Å². The molecule has 1 aliphatic rings. The molecular formula is C16H18N2O4. The summed E-state index contributed by atoms with van der Waals surface area (Å²) in [4.78, 5) is 36.4. The minimum Gasteiger partial charge on any atom is -0.480 e. The van der Waals surface area contributed by atoms with Gasteiger partial charge in [-0.1, -0.05) is 30.3 Å². The Bertz CT molecular complexity index is 610. The number of rotatable bonds is 4. The normalized spacial score (nSPS) is 18.1. The largest absolute Gasteiger partial charge is 0.480 e. The molecule has 2 amide bonds. The lowest BCUT2D eigenvalue weighted by Gasteiger charge is -2.23. The highest BCUT2D eigenvalue weighted by molar-refractivity contribution is 6.02. The third kappa shape index (κ3) is 3.72. The average molecular weight is 302 g/mol. The van der Waals surface area contributed by atoms with Crippen molar-refractivity contribution in [2.75, 3.05) is 6.54 Å². The summed E-state index contributed by atoms with van der Waals surface area (Å²) in [5.74, 6) is -1.86. The molecule has 1 saturated heterocycles. The van der Waals surface area contributed by atoms with Crippen LogP contribution in [0.2, 0.25) is 0 Å². The molecule has 0 unspecified atom stereocenters. The Hall–Kier alpha value is -2.63. The van der Waals surface area contributed by atoms with Crippen LogP contribution in [0.3, 0.4) is 0 Å². The number of nitrogens with zero attached hydrogens (tertiary/aromatic N) is 1. The van der Waals surface area contributed by atoms with Crippen LogP contribution in [0.5, 0.6) is 0 Å². The van der Waals surface area contributed by atoms with Crippen molar-refractivity contribution in [3.05, 3.63) is 41.6 Å². The molecule has 116 valence electrons. The lowest BCUT2D eigenvalue weighted by atomic mass is 10.1. The van der Waals surface area contributed by atoms with Crippen molar-refractivity contribution in [1.29, 1.82) is 0 Å². The summed E-state index contributed by atoms with van der Waals surface area (Å²) in [5.41, 5.74) is 0.845. The van der Waals surface area contributed by atoms with Crippen molar-refractivity contribution in [2.45, 2.75) is 25.8 Å². The van der Waals surface area contributed by atoms with E-state index in [1.165, 1.54) is 11.8 Å². The maximum Gasteiger partial charge on any atom is 0.326 e. The highest BCUT2D eigenvalue weighted by Crippen LogP contribution is 2.20. The van der Waals surface area contributed by atoms with Crippen molar-refractivity contribution in [3.8, 4) is 0 Å². The second-order valence-corrected chi connectivity index (χ2v) is 5.14. The molecule has 1 aromatic rings. The van der Waals surface area contributed by atoms with Gasteiger partial charge in [0.15, 0.2) is 0 Å². The smallest absolute Gasteiger partial charge is 0.326 e. The predicted octanol–water partition coefficient (Wildman–Crippen LogP) is 1.24. The molecule has 6 heteroatoms. The molecule has 0 saturated carbocycles. The maximum absolute atomic E-state index is 12.6. The van der Waals surface area contributed by atoms with Gasteiger partial charge < -0.3 is 15.3 Å². The SMILES string of the molecule is CC(=O)N/C(=C/c1ccccc1)C(=O)N1CCC[C@H]1C(=O)O. The van der Waals surface area contributed by atoms with E-state index < -0.39 is 17.9 Å². The van der Waals surface area contributed by atoms with Crippen LogP contribution in [0, 0.1) is 0 Å². The van der Waals surface area contributed by atoms with Gasteiger partial charge in [-0.3, -0.25) is 9.59 Å².